The number of fused-ring (bicyclic) bond motifs is 1. The van der Waals surface area contributed by atoms with Crippen LogP contribution in [0.1, 0.15) is 31.5 Å². The summed E-state index contributed by atoms with van der Waals surface area (Å²) < 4.78 is 5.86. The Bertz CT molecular complexity index is 1920. The van der Waals surface area contributed by atoms with Gasteiger partial charge in [0.05, 0.1) is 11.1 Å². The molecule has 9 heteroatoms. The lowest BCUT2D eigenvalue weighted by molar-refractivity contribution is -0.115. The lowest BCUT2D eigenvalue weighted by Crippen LogP contribution is -2.19. The normalized spacial score (nSPS) is 11.5. The number of thioether (sulfide) groups is 1. The van der Waals surface area contributed by atoms with Crippen LogP contribution >= 0.6 is 11.8 Å². The van der Waals surface area contributed by atoms with E-state index in [9.17, 15) is 19.5 Å². The number of carboxylic acid groups (broad SMARTS) is 1. The summed E-state index contributed by atoms with van der Waals surface area (Å²) in [6.07, 6.45) is 0. The number of hydrogen-bond donors (Lipinski definition) is 3. The zero-order valence-electron chi connectivity index (χ0n) is 23.1. The third-order valence-corrected chi connectivity index (χ3v) is 8.07. The number of carboxylic acids is 1. The smallest absolute Gasteiger partial charge is 0.336 e. The maximum absolute atomic E-state index is 13.6. The van der Waals surface area contributed by atoms with Crippen molar-refractivity contribution in [2.45, 2.75) is 10.1 Å². The summed E-state index contributed by atoms with van der Waals surface area (Å²) in [4.78, 5) is 43.2. The van der Waals surface area contributed by atoms with Gasteiger partial charge in [0.25, 0.3) is 5.91 Å². The van der Waals surface area contributed by atoms with Crippen molar-refractivity contribution in [1.29, 1.82) is 0 Å². The second-order valence-corrected chi connectivity index (χ2v) is 11.0. The van der Waals surface area contributed by atoms with E-state index in [0.29, 0.717) is 22.8 Å². The molecule has 0 aliphatic carbocycles. The topological polar surface area (TPSA) is 122 Å². The first kappa shape index (κ1) is 28.4. The van der Waals surface area contributed by atoms with Crippen LogP contribution in [0.2, 0.25) is 0 Å². The molecule has 0 spiro atoms. The van der Waals surface area contributed by atoms with Crippen LogP contribution in [-0.4, -0.2) is 27.9 Å². The fraction of sp³-hybridized carbons (Fsp3) is 0.0286. The summed E-state index contributed by atoms with van der Waals surface area (Å²) in [6, 6.07) is 37.5. The molecule has 8 nitrogen and oxygen atoms in total. The standard InChI is InChI=1S/C35H25N3O5S/c39-32(27-10-4-5-11-28(27)35(41)42)36-25-18-20-26(21-19-25)44-31(22-8-2-1-3-9-22)33(40)37-24-16-14-23(15-17-24)34-38-29-12-6-7-13-30(29)43-34/h1-21,31H,(H,36,39)(H,37,40)(H,41,42). The molecular weight excluding hydrogens is 574 g/mol. The fourth-order valence-electron chi connectivity index (χ4n) is 4.62. The van der Waals surface area contributed by atoms with Crippen molar-refractivity contribution in [3.63, 3.8) is 0 Å². The monoisotopic (exact) mass is 599 g/mol. The van der Waals surface area contributed by atoms with Crippen molar-refractivity contribution in [3.8, 4) is 11.5 Å². The van der Waals surface area contributed by atoms with Crippen molar-refractivity contribution in [2.24, 2.45) is 0 Å². The number of hydrogen-bond acceptors (Lipinski definition) is 6. The molecular formula is C35H25N3O5S. The minimum atomic E-state index is -1.17. The van der Waals surface area contributed by atoms with Gasteiger partial charge >= 0.3 is 5.97 Å². The van der Waals surface area contributed by atoms with Crippen LogP contribution in [0.5, 0.6) is 0 Å². The molecule has 5 aromatic carbocycles. The highest BCUT2D eigenvalue weighted by atomic mass is 32.2. The molecule has 6 aromatic rings. The van der Waals surface area contributed by atoms with E-state index in [4.69, 9.17) is 4.42 Å². The van der Waals surface area contributed by atoms with E-state index in [-0.39, 0.29) is 17.0 Å². The van der Waals surface area contributed by atoms with Gasteiger partial charge in [-0.25, -0.2) is 9.78 Å². The largest absolute Gasteiger partial charge is 0.478 e. The van der Waals surface area contributed by atoms with Gasteiger partial charge in [0.2, 0.25) is 11.8 Å². The van der Waals surface area contributed by atoms with Crippen molar-refractivity contribution in [1.82, 2.24) is 4.98 Å². The van der Waals surface area contributed by atoms with Gasteiger partial charge in [-0.15, -0.1) is 11.8 Å². The van der Waals surface area contributed by atoms with Crippen molar-refractivity contribution < 1.29 is 23.9 Å². The highest BCUT2D eigenvalue weighted by molar-refractivity contribution is 8.00. The SMILES string of the molecule is O=C(O)c1ccccc1C(=O)Nc1ccc(SC(C(=O)Nc2ccc(-c3nc4ccccc4o3)cc2)c2ccccc2)cc1. The van der Waals surface area contributed by atoms with Gasteiger partial charge in [-0.1, -0.05) is 54.6 Å². The molecule has 0 aliphatic rings. The molecule has 3 N–H and O–H groups in total. The predicted octanol–water partition coefficient (Wildman–Crippen LogP) is 7.92. The first-order valence-electron chi connectivity index (χ1n) is 13.7. The van der Waals surface area contributed by atoms with Crippen molar-refractivity contribution in [2.75, 3.05) is 10.6 Å². The second-order valence-electron chi connectivity index (χ2n) is 9.79. The van der Waals surface area contributed by atoms with Crippen LogP contribution in [0.25, 0.3) is 22.6 Å². The first-order valence-corrected chi connectivity index (χ1v) is 14.5. The van der Waals surface area contributed by atoms with Gasteiger partial charge in [0.1, 0.15) is 10.8 Å². The highest BCUT2D eigenvalue weighted by Gasteiger charge is 2.23. The lowest BCUT2D eigenvalue weighted by Gasteiger charge is -2.17. The zero-order valence-corrected chi connectivity index (χ0v) is 24.0. The molecule has 0 saturated carbocycles. The van der Waals surface area contributed by atoms with E-state index in [1.54, 1.807) is 24.3 Å². The number of aromatic carboxylic acids is 1. The van der Waals surface area contributed by atoms with Crippen LogP contribution < -0.4 is 10.6 Å². The Labute approximate surface area is 256 Å². The molecule has 0 radical (unpaired) electrons. The van der Waals surface area contributed by atoms with Gasteiger partial charge in [-0.2, -0.15) is 0 Å². The highest BCUT2D eigenvalue weighted by Crippen LogP contribution is 2.37. The Morgan fingerprint density at radius 2 is 1.30 bits per heavy atom. The molecule has 1 unspecified atom stereocenters. The number of amides is 2. The quantitative estimate of drug-likeness (QED) is 0.144. The molecule has 2 amide bonds. The van der Waals surface area contributed by atoms with E-state index >= 15 is 0 Å². The van der Waals surface area contributed by atoms with E-state index in [2.05, 4.69) is 15.6 Å². The molecule has 0 bridgehead atoms. The van der Waals surface area contributed by atoms with E-state index in [1.807, 2.05) is 91.0 Å². The van der Waals surface area contributed by atoms with Gasteiger partial charge in [-0.3, -0.25) is 9.59 Å². The summed E-state index contributed by atoms with van der Waals surface area (Å²) in [5, 5.41) is 14.6. The molecule has 1 aromatic heterocycles. The van der Waals surface area contributed by atoms with Crippen LogP contribution in [-0.2, 0) is 4.79 Å². The summed E-state index contributed by atoms with van der Waals surface area (Å²) >= 11 is 1.37. The number of benzene rings is 5. The lowest BCUT2D eigenvalue weighted by atomic mass is 10.1. The number of aromatic nitrogens is 1. The molecule has 44 heavy (non-hydrogen) atoms. The minimum absolute atomic E-state index is 0.0705. The predicted molar refractivity (Wildman–Crippen MR) is 171 cm³/mol. The number of carbonyl (C=O) groups is 3. The van der Waals surface area contributed by atoms with E-state index in [1.165, 1.54) is 23.9 Å². The van der Waals surface area contributed by atoms with Gasteiger partial charge in [-0.05, 0) is 78.4 Å². The van der Waals surface area contributed by atoms with E-state index in [0.717, 1.165) is 21.5 Å². The number of carbonyl (C=O) groups excluding carboxylic acids is 2. The maximum atomic E-state index is 13.6. The minimum Gasteiger partial charge on any atom is -0.478 e. The number of rotatable bonds is 9. The van der Waals surface area contributed by atoms with Crippen LogP contribution in [0.3, 0.4) is 0 Å². The number of oxazole rings is 1. The molecule has 216 valence electrons. The number of anilines is 2. The molecule has 0 saturated heterocycles. The molecule has 1 atom stereocenters. The number of nitrogens with one attached hydrogen (secondary N) is 2. The number of nitrogens with zero attached hydrogens (tertiary/aromatic N) is 1. The average Bonchev–Trinajstić information content (AvgIpc) is 3.49. The van der Waals surface area contributed by atoms with Crippen molar-refractivity contribution >= 4 is 52.0 Å². The summed E-state index contributed by atoms with van der Waals surface area (Å²) in [7, 11) is 0. The van der Waals surface area contributed by atoms with Crippen LogP contribution in [0.15, 0.2) is 137 Å². The third-order valence-electron chi connectivity index (χ3n) is 6.80. The summed E-state index contributed by atoms with van der Waals surface area (Å²) in [6.45, 7) is 0. The molecule has 0 fully saturated rings. The Hall–Kier alpha value is -5.67. The molecule has 6 rings (SSSR count). The Balaban J connectivity index is 1.16. The fourth-order valence-corrected chi connectivity index (χ4v) is 5.64. The van der Waals surface area contributed by atoms with Crippen LogP contribution in [0, 0.1) is 0 Å². The second kappa shape index (κ2) is 12.7. The number of para-hydroxylation sites is 2. The molecule has 1 heterocycles. The average molecular weight is 600 g/mol. The summed E-state index contributed by atoms with van der Waals surface area (Å²) in [5.74, 6) is -1.38. The Morgan fingerprint density at radius 3 is 2.00 bits per heavy atom. The Kier molecular flexibility index (Phi) is 8.20. The van der Waals surface area contributed by atoms with Gasteiger partial charge in [0, 0.05) is 21.8 Å². The third kappa shape index (κ3) is 6.38. The molecule has 0 aliphatic heterocycles. The summed E-state index contributed by atoms with van der Waals surface area (Å²) in [5.41, 5.74) is 4.25. The van der Waals surface area contributed by atoms with Gasteiger partial charge in [0.15, 0.2) is 5.58 Å². The van der Waals surface area contributed by atoms with Gasteiger partial charge < -0.3 is 20.2 Å². The van der Waals surface area contributed by atoms with Crippen LogP contribution in [0.4, 0.5) is 11.4 Å². The Morgan fingerprint density at radius 1 is 0.682 bits per heavy atom. The first-order chi connectivity index (χ1) is 21.4. The maximum Gasteiger partial charge on any atom is 0.336 e. The van der Waals surface area contributed by atoms with Crippen molar-refractivity contribution in [3.05, 3.63) is 144 Å². The zero-order chi connectivity index (χ0) is 30.5. The van der Waals surface area contributed by atoms with E-state index < -0.39 is 17.1 Å².